The first-order valence-corrected chi connectivity index (χ1v) is 9.34. The molecule has 0 fully saturated rings. The summed E-state index contributed by atoms with van der Waals surface area (Å²) in [6.07, 6.45) is 0. The van der Waals surface area contributed by atoms with Crippen molar-refractivity contribution in [3.63, 3.8) is 0 Å². The lowest BCUT2D eigenvalue weighted by molar-refractivity contribution is 0.195. The zero-order chi connectivity index (χ0) is 16.2. The molecular formula is C16H22ClN5S. The Kier molecular flexibility index (Phi) is 5.58. The highest BCUT2D eigenvalue weighted by Crippen LogP contribution is 2.29. The van der Waals surface area contributed by atoms with Gasteiger partial charge in [0, 0.05) is 23.7 Å². The van der Waals surface area contributed by atoms with Crippen LogP contribution in [-0.2, 0) is 6.67 Å². The summed E-state index contributed by atoms with van der Waals surface area (Å²) >= 11 is 7.86. The molecule has 23 heavy (non-hydrogen) atoms. The van der Waals surface area contributed by atoms with E-state index in [1.54, 1.807) is 11.8 Å². The predicted molar refractivity (Wildman–Crippen MR) is 95.7 cm³/mol. The van der Waals surface area contributed by atoms with Crippen molar-refractivity contribution in [2.75, 3.05) is 32.1 Å². The molecule has 0 amide bonds. The van der Waals surface area contributed by atoms with Crippen molar-refractivity contribution in [2.24, 2.45) is 0 Å². The van der Waals surface area contributed by atoms with Gasteiger partial charge < -0.3 is 4.90 Å². The molecule has 124 valence electrons. The molecule has 2 aromatic rings. The molecule has 1 aromatic carbocycles. The largest absolute Gasteiger partial charge is 0.303 e. The molecule has 0 spiro atoms. The zero-order valence-electron chi connectivity index (χ0n) is 13.6. The van der Waals surface area contributed by atoms with Crippen LogP contribution < -0.4 is 0 Å². The number of likely N-dealkylation sites (N-methyl/N-ethyl adjacent to an activating group) is 1. The smallest absolute Gasteiger partial charge is 0.193 e. The Morgan fingerprint density at radius 3 is 2.83 bits per heavy atom. The molecular weight excluding hydrogens is 330 g/mol. The second-order valence-corrected chi connectivity index (χ2v) is 6.93. The quantitative estimate of drug-likeness (QED) is 0.798. The number of halogens is 1. The fourth-order valence-electron chi connectivity index (χ4n) is 2.71. The Morgan fingerprint density at radius 2 is 2.09 bits per heavy atom. The van der Waals surface area contributed by atoms with Crippen LogP contribution in [0.15, 0.2) is 29.4 Å². The summed E-state index contributed by atoms with van der Waals surface area (Å²) in [7, 11) is 0. The van der Waals surface area contributed by atoms with Gasteiger partial charge in [-0.15, -0.1) is 10.2 Å². The first-order valence-electron chi connectivity index (χ1n) is 7.98. The van der Waals surface area contributed by atoms with E-state index in [2.05, 4.69) is 38.4 Å². The maximum atomic E-state index is 6.11. The Labute approximate surface area is 146 Å². The molecule has 1 aliphatic heterocycles. The molecule has 0 unspecified atom stereocenters. The number of hydrogen-bond acceptors (Lipinski definition) is 5. The van der Waals surface area contributed by atoms with Gasteiger partial charge in [-0.3, -0.25) is 9.47 Å². The highest BCUT2D eigenvalue weighted by Gasteiger charge is 2.22. The van der Waals surface area contributed by atoms with Gasteiger partial charge in [-0.1, -0.05) is 49.3 Å². The third kappa shape index (κ3) is 3.88. The summed E-state index contributed by atoms with van der Waals surface area (Å²) in [4.78, 5) is 4.89. The molecule has 1 aromatic heterocycles. The summed E-state index contributed by atoms with van der Waals surface area (Å²) < 4.78 is 2.18. The van der Waals surface area contributed by atoms with Crippen molar-refractivity contribution in [3.8, 4) is 11.4 Å². The van der Waals surface area contributed by atoms with Crippen LogP contribution in [0.4, 0.5) is 0 Å². The normalized spacial score (nSPS) is 15.1. The van der Waals surface area contributed by atoms with Gasteiger partial charge in [0.2, 0.25) is 0 Å². The van der Waals surface area contributed by atoms with Crippen LogP contribution >= 0.6 is 23.4 Å². The van der Waals surface area contributed by atoms with E-state index in [0.29, 0.717) is 0 Å². The van der Waals surface area contributed by atoms with Gasteiger partial charge in [-0.25, -0.2) is 0 Å². The maximum Gasteiger partial charge on any atom is 0.193 e. The van der Waals surface area contributed by atoms with Crippen molar-refractivity contribution >= 4 is 23.4 Å². The first kappa shape index (κ1) is 16.8. The van der Waals surface area contributed by atoms with Gasteiger partial charge in [0.1, 0.15) is 0 Å². The summed E-state index contributed by atoms with van der Waals surface area (Å²) in [5, 5.41) is 10.4. The van der Waals surface area contributed by atoms with E-state index >= 15 is 0 Å². The Morgan fingerprint density at radius 1 is 1.26 bits per heavy atom. The monoisotopic (exact) mass is 351 g/mol. The molecule has 0 N–H and O–H groups in total. The van der Waals surface area contributed by atoms with Gasteiger partial charge in [0.05, 0.1) is 12.5 Å². The van der Waals surface area contributed by atoms with Gasteiger partial charge >= 0.3 is 0 Å². The third-order valence-corrected chi connectivity index (χ3v) is 5.43. The van der Waals surface area contributed by atoms with Gasteiger partial charge in [0.25, 0.3) is 0 Å². The van der Waals surface area contributed by atoms with E-state index in [4.69, 9.17) is 11.6 Å². The molecule has 0 aliphatic carbocycles. The summed E-state index contributed by atoms with van der Waals surface area (Å²) in [5.41, 5.74) is 1.02. The summed E-state index contributed by atoms with van der Waals surface area (Å²) in [6, 6.07) is 7.80. The van der Waals surface area contributed by atoms with Crippen LogP contribution in [0.3, 0.4) is 0 Å². The molecule has 3 rings (SSSR count). The summed E-state index contributed by atoms with van der Waals surface area (Å²) in [5.74, 6) is 1.86. The number of benzene rings is 1. The van der Waals surface area contributed by atoms with E-state index in [1.165, 1.54) is 0 Å². The number of hydrogen-bond donors (Lipinski definition) is 0. The molecule has 2 heterocycles. The van der Waals surface area contributed by atoms with E-state index in [9.17, 15) is 0 Å². The van der Waals surface area contributed by atoms with E-state index < -0.39 is 0 Å². The third-order valence-electron chi connectivity index (χ3n) is 4.14. The van der Waals surface area contributed by atoms with Crippen LogP contribution in [0.25, 0.3) is 11.4 Å². The average molecular weight is 352 g/mol. The van der Waals surface area contributed by atoms with E-state index in [1.807, 2.05) is 24.3 Å². The van der Waals surface area contributed by atoms with Crippen molar-refractivity contribution in [3.05, 3.63) is 29.3 Å². The lowest BCUT2D eigenvalue weighted by Crippen LogP contribution is -2.37. The lowest BCUT2D eigenvalue weighted by atomic mass is 10.2. The first-order chi connectivity index (χ1) is 11.2. The number of rotatable bonds is 6. The highest BCUT2D eigenvalue weighted by molar-refractivity contribution is 7.99. The maximum absolute atomic E-state index is 6.11. The second-order valence-electron chi connectivity index (χ2n) is 5.58. The van der Waals surface area contributed by atoms with Crippen LogP contribution in [0, 0.1) is 0 Å². The van der Waals surface area contributed by atoms with E-state index in [-0.39, 0.29) is 0 Å². The fraction of sp³-hybridized carbons (Fsp3) is 0.500. The van der Waals surface area contributed by atoms with Crippen LogP contribution in [0.1, 0.15) is 13.8 Å². The van der Waals surface area contributed by atoms with Crippen LogP contribution in [0.5, 0.6) is 0 Å². The van der Waals surface area contributed by atoms with Gasteiger partial charge in [-0.2, -0.15) is 0 Å². The summed E-state index contributed by atoms with van der Waals surface area (Å²) in [6.45, 7) is 9.61. The van der Waals surface area contributed by atoms with Gasteiger partial charge in [0.15, 0.2) is 11.0 Å². The van der Waals surface area contributed by atoms with Crippen LogP contribution in [0.2, 0.25) is 5.02 Å². The Hall–Kier alpha value is -1.08. The minimum Gasteiger partial charge on any atom is -0.303 e. The van der Waals surface area contributed by atoms with Crippen LogP contribution in [-0.4, -0.2) is 56.6 Å². The highest BCUT2D eigenvalue weighted by atomic mass is 35.5. The average Bonchev–Trinajstić information content (AvgIpc) is 2.99. The fourth-order valence-corrected chi connectivity index (χ4v) is 3.81. The molecule has 0 atom stereocenters. The number of fused-ring (bicyclic) bond motifs is 1. The number of aromatic nitrogens is 3. The van der Waals surface area contributed by atoms with Crippen molar-refractivity contribution in [2.45, 2.75) is 25.7 Å². The Balaban J connectivity index is 1.74. The van der Waals surface area contributed by atoms with Crippen molar-refractivity contribution in [1.29, 1.82) is 0 Å². The number of nitrogens with zero attached hydrogens (tertiary/aromatic N) is 5. The minimum atomic E-state index is 0.724. The molecule has 0 radical (unpaired) electrons. The second kappa shape index (κ2) is 7.66. The molecule has 0 bridgehead atoms. The predicted octanol–water partition coefficient (Wildman–Crippen LogP) is 3.26. The lowest BCUT2D eigenvalue weighted by Gasteiger charge is -2.29. The number of thioether (sulfide) groups is 1. The SMILES string of the molecule is CCN(CC)CCN1CSc2nnc(-c3cccc(Cl)c3)n2C1. The van der Waals surface area contributed by atoms with Crippen molar-refractivity contribution in [1.82, 2.24) is 24.6 Å². The topological polar surface area (TPSA) is 37.2 Å². The zero-order valence-corrected chi connectivity index (χ0v) is 15.1. The van der Waals surface area contributed by atoms with E-state index in [0.717, 1.165) is 60.3 Å². The molecule has 0 saturated heterocycles. The molecule has 5 nitrogen and oxygen atoms in total. The van der Waals surface area contributed by atoms with Gasteiger partial charge in [-0.05, 0) is 25.2 Å². The van der Waals surface area contributed by atoms with Crippen molar-refractivity contribution < 1.29 is 0 Å². The standard InChI is InChI=1S/C16H22ClN5S/c1-3-20(4-2)8-9-21-11-22-15(18-19-16(22)23-12-21)13-6-5-7-14(17)10-13/h5-7,10H,3-4,8-9,11-12H2,1-2H3. The Bertz CT molecular complexity index is 656. The molecule has 0 saturated carbocycles. The molecule has 1 aliphatic rings. The molecule has 7 heteroatoms. The minimum absolute atomic E-state index is 0.724.